The molecule has 0 aliphatic rings. The Balaban J connectivity index is 1.67. The topological polar surface area (TPSA) is 107 Å². The van der Waals surface area contributed by atoms with Crippen molar-refractivity contribution in [2.75, 3.05) is 20.8 Å². The van der Waals surface area contributed by atoms with Crippen molar-refractivity contribution < 1.29 is 28.5 Å². The normalized spacial score (nSPS) is 11.0. The lowest BCUT2D eigenvalue weighted by Crippen LogP contribution is -2.25. The molecule has 0 aliphatic heterocycles. The lowest BCUT2D eigenvalue weighted by atomic mass is 10.1. The first-order chi connectivity index (χ1) is 19.0. The molecule has 0 saturated carbocycles. The smallest absolute Gasteiger partial charge is 0.336 e. The van der Waals surface area contributed by atoms with Crippen molar-refractivity contribution in [1.29, 1.82) is 5.26 Å². The van der Waals surface area contributed by atoms with Crippen molar-refractivity contribution >= 4 is 24.0 Å². The first kappa shape index (κ1) is 28.5. The Morgan fingerprint density at radius 2 is 1.56 bits per heavy atom. The van der Waals surface area contributed by atoms with Gasteiger partial charge in [0.2, 0.25) is 0 Å². The van der Waals surface area contributed by atoms with Gasteiger partial charge < -0.3 is 24.3 Å². The van der Waals surface area contributed by atoms with Crippen LogP contribution in [0, 0.1) is 11.3 Å². The lowest BCUT2D eigenvalue weighted by Gasteiger charge is -2.11. The summed E-state index contributed by atoms with van der Waals surface area (Å²) in [6.07, 6.45) is 5.09. The number of amides is 1. The molecule has 200 valence electrons. The number of nitriles is 1. The molecule has 0 heterocycles. The summed E-state index contributed by atoms with van der Waals surface area (Å²) in [5.41, 5.74) is 2.26. The highest BCUT2D eigenvalue weighted by Crippen LogP contribution is 2.31. The molecule has 1 amide bonds. The third-order valence-corrected chi connectivity index (χ3v) is 5.45. The largest absolute Gasteiger partial charge is 0.493 e. The monoisotopic (exact) mass is 526 g/mol. The number of carbonyl (C=O) groups excluding carboxylic acids is 2. The van der Waals surface area contributed by atoms with E-state index in [1.807, 2.05) is 43.3 Å². The maximum atomic E-state index is 12.5. The molecule has 0 aromatic heterocycles. The third-order valence-electron chi connectivity index (χ3n) is 5.45. The van der Waals surface area contributed by atoms with Gasteiger partial charge in [0.1, 0.15) is 18.2 Å². The van der Waals surface area contributed by atoms with Crippen molar-refractivity contribution in [3.63, 3.8) is 0 Å². The standard InChI is InChI=1S/C31H30N2O6/c1-4-16-33-31(35)25(20-32)17-24-11-14-27(29(19-24)37-3)39-30(34)15-12-22-10-13-26(28(18-22)36-2)38-21-23-8-6-5-7-9-23/h5-15,17-19H,4,16,21H2,1-3H3,(H,33,35)/b15-12+,25-17+. The summed E-state index contributed by atoms with van der Waals surface area (Å²) in [6, 6.07) is 21.8. The van der Waals surface area contributed by atoms with Gasteiger partial charge in [-0.3, -0.25) is 4.79 Å². The Kier molecular flexibility index (Phi) is 10.7. The predicted molar refractivity (Wildman–Crippen MR) is 148 cm³/mol. The lowest BCUT2D eigenvalue weighted by molar-refractivity contribution is -0.129. The SMILES string of the molecule is CCCNC(=O)/C(C#N)=C/c1ccc(OC(=O)/C=C/c2ccc(OCc3ccccc3)c(OC)c2)c(OC)c1. The molecule has 0 saturated heterocycles. The molecule has 0 bridgehead atoms. The molecule has 3 aromatic rings. The quantitative estimate of drug-likeness (QED) is 0.147. The number of nitrogens with zero attached hydrogens (tertiary/aromatic N) is 1. The van der Waals surface area contributed by atoms with Gasteiger partial charge in [0.05, 0.1) is 14.2 Å². The zero-order chi connectivity index (χ0) is 28.0. The first-order valence-corrected chi connectivity index (χ1v) is 12.3. The minimum atomic E-state index is -0.614. The number of nitrogens with one attached hydrogen (secondary N) is 1. The van der Waals surface area contributed by atoms with Crippen LogP contribution in [0.3, 0.4) is 0 Å². The Hall–Kier alpha value is -5.03. The molecule has 39 heavy (non-hydrogen) atoms. The summed E-state index contributed by atoms with van der Waals surface area (Å²) in [4.78, 5) is 24.6. The van der Waals surface area contributed by atoms with E-state index in [4.69, 9.17) is 18.9 Å². The van der Waals surface area contributed by atoms with Gasteiger partial charge in [0.15, 0.2) is 23.0 Å². The fourth-order valence-corrected chi connectivity index (χ4v) is 3.46. The van der Waals surface area contributed by atoms with Crippen LogP contribution in [0.15, 0.2) is 78.4 Å². The van der Waals surface area contributed by atoms with Crippen molar-refractivity contribution in [1.82, 2.24) is 5.32 Å². The molecule has 0 spiro atoms. The number of hydrogen-bond acceptors (Lipinski definition) is 7. The summed E-state index contributed by atoms with van der Waals surface area (Å²) in [5, 5.41) is 12.0. The van der Waals surface area contributed by atoms with E-state index in [1.54, 1.807) is 43.5 Å². The molecule has 8 nitrogen and oxygen atoms in total. The molecule has 1 N–H and O–H groups in total. The molecule has 0 aliphatic carbocycles. The highest BCUT2D eigenvalue weighted by molar-refractivity contribution is 6.01. The minimum absolute atomic E-state index is 0.0370. The molecule has 3 aromatic carbocycles. The molecule has 3 rings (SSSR count). The Bertz CT molecular complexity index is 1390. The number of methoxy groups -OCH3 is 2. The Morgan fingerprint density at radius 1 is 0.897 bits per heavy atom. The van der Waals surface area contributed by atoms with Crippen LogP contribution in [0.2, 0.25) is 0 Å². The molecule has 8 heteroatoms. The van der Waals surface area contributed by atoms with Gasteiger partial charge in [0, 0.05) is 12.6 Å². The minimum Gasteiger partial charge on any atom is -0.493 e. The van der Waals surface area contributed by atoms with E-state index in [0.29, 0.717) is 35.8 Å². The molecular weight excluding hydrogens is 496 g/mol. The van der Waals surface area contributed by atoms with Gasteiger partial charge in [-0.05, 0) is 59.5 Å². The van der Waals surface area contributed by atoms with Crippen molar-refractivity contribution in [2.45, 2.75) is 20.0 Å². The third kappa shape index (κ3) is 8.51. The van der Waals surface area contributed by atoms with Crippen LogP contribution in [0.5, 0.6) is 23.0 Å². The van der Waals surface area contributed by atoms with E-state index < -0.39 is 11.9 Å². The van der Waals surface area contributed by atoms with E-state index in [1.165, 1.54) is 25.3 Å². The zero-order valence-electron chi connectivity index (χ0n) is 22.1. The molecular formula is C31H30N2O6. The van der Waals surface area contributed by atoms with E-state index in [2.05, 4.69) is 5.32 Å². The van der Waals surface area contributed by atoms with Crippen molar-refractivity contribution in [3.8, 4) is 29.1 Å². The number of carbonyl (C=O) groups is 2. The number of ether oxygens (including phenoxy) is 4. The summed E-state index contributed by atoms with van der Waals surface area (Å²) in [7, 11) is 2.98. The summed E-state index contributed by atoms with van der Waals surface area (Å²) in [5.74, 6) is 0.524. The maximum Gasteiger partial charge on any atom is 0.336 e. The maximum absolute atomic E-state index is 12.5. The van der Waals surface area contributed by atoms with Crippen molar-refractivity contribution in [3.05, 3.63) is 95.1 Å². The van der Waals surface area contributed by atoms with Gasteiger partial charge in [0.25, 0.3) is 5.91 Å². The van der Waals surface area contributed by atoms with Gasteiger partial charge in [-0.2, -0.15) is 5.26 Å². The fourth-order valence-electron chi connectivity index (χ4n) is 3.46. The molecule has 0 fully saturated rings. The highest BCUT2D eigenvalue weighted by atomic mass is 16.6. The van der Waals surface area contributed by atoms with Crippen LogP contribution in [-0.2, 0) is 16.2 Å². The molecule has 0 unspecified atom stereocenters. The van der Waals surface area contributed by atoms with Gasteiger partial charge >= 0.3 is 5.97 Å². The molecule has 0 atom stereocenters. The second-order valence-corrected chi connectivity index (χ2v) is 8.28. The number of benzene rings is 3. The summed E-state index contributed by atoms with van der Waals surface area (Å²) >= 11 is 0. The average Bonchev–Trinajstić information content (AvgIpc) is 2.97. The van der Waals surface area contributed by atoms with Crippen LogP contribution >= 0.6 is 0 Å². The average molecular weight is 527 g/mol. The second kappa shape index (κ2) is 14.6. The van der Waals surface area contributed by atoms with Gasteiger partial charge in [-0.25, -0.2) is 4.79 Å². The Labute approximate surface area is 228 Å². The highest BCUT2D eigenvalue weighted by Gasteiger charge is 2.12. The van der Waals surface area contributed by atoms with Crippen molar-refractivity contribution in [2.24, 2.45) is 0 Å². The van der Waals surface area contributed by atoms with Crippen LogP contribution in [-0.4, -0.2) is 32.6 Å². The number of hydrogen-bond donors (Lipinski definition) is 1. The molecule has 0 radical (unpaired) electrons. The van der Waals surface area contributed by atoms with E-state index >= 15 is 0 Å². The zero-order valence-corrected chi connectivity index (χ0v) is 22.1. The predicted octanol–water partition coefficient (Wildman–Crippen LogP) is 5.33. The summed E-state index contributed by atoms with van der Waals surface area (Å²) in [6.45, 7) is 2.80. The second-order valence-electron chi connectivity index (χ2n) is 8.28. The first-order valence-electron chi connectivity index (χ1n) is 12.3. The fraction of sp³-hybridized carbons (Fsp3) is 0.194. The van der Waals surface area contributed by atoms with E-state index in [-0.39, 0.29) is 17.1 Å². The van der Waals surface area contributed by atoms with Crippen LogP contribution in [0.25, 0.3) is 12.2 Å². The summed E-state index contributed by atoms with van der Waals surface area (Å²) < 4.78 is 22.1. The van der Waals surface area contributed by atoms with E-state index in [9.17, 15) is 14.9 Å². The Morgan fingerprint density at radius 3 is 2.26 bits per heavy atom. The van der Waals surface area contributed by atoms with E-state index in [0.717, 1.165) is 12.0 Å². The van der Waals surface area contributed by atoms with Crippen LogP contribution in [0.4, 0.5) is 0 Å². The van der Waals surface area contributed by atoms with Gasteiger partial charge in [-0.1, -0.05) is 49.4 Å². The van der Waals surface area contributed by atoms with Crippen LogP contribution < -0.4 is 24.3 Å². The number of rotatable bonds is 12. The number of esters is 1. The van der Waals surface area contributed by atoms with Crippen LogP contribution in [0.1, 0.15) is 30.0 Å². The van der Waals surface area contributed by atoms with Gasteiger partial charge in [-0.15, -0.1) is 0 Å².